The van der Waals surface area contributed by atoms with E-state index >= 15 is 0 Å². The molecule has 0 N–H and O–H groups in total. The first-order chi connectivity index (χ1) is 29.2. The molecular weight excluding hydrogens is 711 g/mol. The molecule has 1 spiro atoms. The van der Waals surface area contributed by atoms with Gasteiger partial charge in [0.05, 0.1) is 22.1 Å². The minimum absolute atomic E-state index is 0.481. The Hall–Kier alpha value is -6.96. The van der Waals surface area contributed by atoms with Crippen molar-refractivity contribution >= 4 is 38.5 Å². The summed E-state index contributed by atoms with van der Waals surface area (Å²) in [6, 6.07) is 71.0. The summed E-state index contributed by atoms with van der Waals surface area (Å²) in [5.41, 5.74) is 22.2. The van der Waals surface area contributed by atoms with Crippen molar-refractivity contribution in [2.75, 3.05) is 0 Å². The van der Waals surface area contributed by atoms with Gasteiger partial charge in [0, 0.05) is 10.8 Å². The fourth-order valence-corrected chi connectivity index (χ4v) is 11.2. The average Bonchev–Trinajstić information content (AvgIpc) is 3.79. The molecule has 0 amide bonds. The molecule has 2 aliphatic carbocycles. The molecule has 1 unspecified atom stereocenters. The number of fused-ring (bicyclic) bond motifs is 13. The van der Waals surface area contributed by atoms with Crippen LogP contribution in [0.5, 0.6) is 0 Å². The number of benzene rings is 8. The van der Waals surface area contributed by atoms with Crippen molar-refractivity contribution in [1.82, 2.24) is 4.57 Å². The number of rotatable bonds is 4. The molecule has 0 bridgehead atoms. The molecule has 3 aliphatic rings. The molecule has 280 valence electrons. The van der Waals surface area contributed by atoms with Crippen molar-refractivity contribution in [1.29, 1.82) is 0 Å². The molecular formula is C58H43N. The summed E-state index contributed by atoms with van der Waals surface area (Å²) in [6.07, 6.45) is 2.93. The number of nitrogens with zero attached hydrogens (tertiary/aromatic N) is 1. The summed E-state index contributed by atoms with van der Waals surface area (Å²) in [5.74, 6) is 0. The number of hydrogen-bond donors (Lipinski definition) is 0. The smallest absolute Gasteiger partial charge is 0.0754 e. The van der Waals surface area contributed by atoms with E-state index in [0.717, 1.165) is 19.3 Å². The van der Waals surface area contributed by atoms with Gasteiger partial charge in [0.1, 0.15) is 0 Å². The van der Waals surface area contributed by atoms with Gasteiger partial charge in [0.2, 0.25) is 0 Å². The van der Waals surface area contributed by atoms with Crippen LogP contribution in [0.1, 0.15) is 66.5 Å². The van der Waals surface area contributed by atoms with E-state index in [1.807, 2.05) is 0 Å². The van der Waals surface area contributed by atoms with E-state index in [9.17, 15) is 0 Å². The molecule has 1 aromatic heterocycles. The second-order valence-electron chi connectivity index (χ2n) is 16.6. The summed E-state index contributed by atoms with van der Waals surface area (Å²) in [4.78, 5) is 0. The standard InChI is InChI=1S/C58H43N/c1-3-42-44(34-28-37(2)43-18-7-8-21-48(43)56(42)40-31-29-39(30-32-40)38-16-5-4-6-17-38)41-33-35-46-45-19-9-11-23-50(45)58(53(46)36-41)51-24-12-14-27-55(51)59-54-26-13-10-20-47(54)49-22-15-25-52(58)57(49)59/h4-27,29-33,35-36H,3,28,34H2,1-2H3/b43-37+,44-42+,56-48-. The fourth-order valence-electron chi connectivity index (χ4n) is 11.2. The predicted molar refractivity (Wildman–Crippen MR) is 247 cm³/mol. The van der Waals surface area contributed by atoms with E-state index < -0.39 is 5.41 Å². The molecule has 8 aromatic carbocycles. The van der Waals surface area contributed by atoms with Crippen LogP contribution in [0.15, 0.2) is 194 Å². The maximum absolute atomic E-state index is 2.60. The van der Waals surface area contributed by atoms with E-state index in [4.69, 9.17) is 0 Å². The zero-order chi connectivity index (χ0) is 39.2. The Bertz CT molecular complexity index is 3360. The Morgan fingerprint density at radius 1 is 0.475 bits per heavy atom. The minimum atomic E-state index is -0.481. The first kappa shape index (κ1) is 34.1. The minimum Gasteiger partial charge on any atom is -0.309 e. The quantitative estimate of drug-likeness (QED) is 0.169. The average molecular weight is 754 g/mol. The van der Waals surface area contributed by atoms with Crippen molar-refractivity contribution in [2.24, 2.45) is 0 Å². The maximum atomic E-state index is 2.60. The number of para-hydroxylation sites is 3. The summed E-state index contributed by atoms with van der Waals surface area (Å²) >= 11 is 0. The molecule has 1 atom stereocenters. The summed E-state index contributed by atoms with van der Waals surface area (Å²) in [7, 11) is 0. The molecule has 0 radical (unpaired) electrons. The molecule has 1 nitrogen and oxygen atoms in total. The van der Waals surface area contributed by atoms with Crippen LogP contribution in [0, 0.1) is 0 Å². The van der Waals surface area contributed by atoms with Crippen LogP contribution in [0.3, 0.4) is 0 Å². The van der Waals surface area contributed by atoms with Crippen LogP contribution >= 0.6 is 0 Å². The zero-order valence-corrected chi connectivity index (χ0v) is 33.5. The van der Waals surface area contributed by atoms with Gasteiger partial charge < -0.3 is 4.57 Å². The summed E-state index contributed by atoms with van der Waals surface area (Å²) in [5, 5.41) is 5.31. The Morgan fingerprint density at radius 2 is 1.10 bits per heavy atom. The molecule has 9 aromatic rings. The van der Waals surface area contributed by atoms with Crippen molar-refractivity contribution in [2.45, 2.75) is 38.5 Å². The maximum Gasteiger partial charge on any atom is 0.0754 e. The van der Waals surface area contributed by atoms with Gasteiger partial charge in [-0.05, 0) is 127 Å². The third kappa shape index (κ3) is 4.73. The summed E-state index contributed by atoms with van der Waals surface area (Å²) in [6.45, 7) is 4.70. The van der Waals surface area contributed by atoms with Gasteiger partial charge in [-0.25, -0.2) is 0 Å². The number of aromatic nitrogens is 1. The van der Waals surface area contributed by atoms with Gasteiger partial charge in [-0.15, -0.1) is 0 Å². The van der Waals surface area contributed by atoms with Crippen LogP contribution in [0.4, 0.5) is 0 Å². The Morgan fingerprint density at radius 3 is 1.95 bits per heavy atom. The van der Waals surface area contributed by atoms with Crippen LogP contribution in [0.2, 0.25) is 0 Å². The van der Waals surface area contributed by atoms with E-state index in [1.165, 1.54) is 116 Å². The lowest BCUT2D eigenvalue weighted by molar-refractivity contribution is 0.748. The highest BCUT2D eigenvalue weighted by molar-refractivity contribution is 6.13. The zero-order valence-electron chi connectivity index (χ0n) is 33.5. The lowest BCUT2D eigenvalue weighted by Gasteiger charge is -2.39. The number of hydrogen-bond acceptors (Lipinski definition) is 0. The first-order valence-corrected chi connectivity index (χ1v) is 21.2. The number of allylic oxidation sites excluding steroid dienone is 2. The second kappa shape index (κ2) is 13.0. The van der Waals surface area contributed by atoms with Crippen molar-refractivity contribution < 1.29 is 0 Å². The van der Waals surface area contributed by atoms with Crippen LogP contribution in [-0.2, 0) is 5.41 Å². The van der Waals surface area contributed by atoms with Gasteiger partial charge in [0.15, 0.2) is 0 Å². The summed E-state index contributed by atoms with van der Waals surface area (Å²) < 4.78 is 2.54. The van der Waals surface area contributed by atoms with E-state index in [-0.39, 0.29) is 0 Å². The molecule has 1 heteroatoms. The van der Waals surface area contributed by atoms with E-state index in [0.29, 0.717) is 0 Å². The monoisotopic (exact) mass is 753 g/mol. The van der Waals surface area contributed by atoms with Gasteiger partial charge in [-0.2, -0.15) is 0 Å². The lowest BCUT2D eigenvalue weighted by Crippen LogP contribution is -2.33. The van der Waals surface area contributed by atoms with Crippen LogP contribution in [-0.4, -0.2) is 4.57 Å². The highest BCUT2D eigenvalue weighted by Crippen LogP contribution is 2.61. The highest BCUT2D eigenvalue weighted by atomic mass is 15.0. The molecule has 2 heterocycles. The van der Waals surface area contributed by atoms with Gasteiger partial charge in [0.25, 0.3) is 0 Å². The largest absolute Gasteiger partial charge is 0.309 e. The first-order valence-electron chi connectivity index (χ1n) is 21.2. The van der Waals surface area contributed by atoms with E-state index in [2.05, 4.69) is 206 Å². The molecule has 0 saturated carbocycles. The van der Waals surface area contributed by atoms with Crippen molar-refractivity contribution in [3.05, 3.63) is 237 Å². The second-order valence-corrected chi connectivity index (χ2v) is 16.6. The molecule has 1 aliphatic heterocycles. The molecule has 59 heavy (non-hydrogen) atoms. The Balaban J connectivity index is 1.15. The van der Waals surface area contributed by atoms with Gasteiger partial charge in [-0.3, -0.25) is 0 Å². The third-order valence-corrected chi connectivity index (χ3v) is 13.7. The van der Waals surface area contributed by atoms with Gasteiger partial charge >= 0.3 is 0 Å². The van der Waals surface area contributed by atoms with Crippen molar-refractivity contribution in [3.63, 3.8) is 0 Å². The molecule has 0 fully saturated rings. The van der Waals surface area contributed by atoms with E-state index in [1.54, 1.807) is 0 Å². The normalized spacial score (nSPS) is 19.6. The van der Waals surface area contributed by atoms with Crippen molar-refractivity contribution in [3.8, 4) is 27.9 Å². The lowest BCUT2D eigenvalue weighted by atomic mass is 9.65. The van der Waals surface area contributed by atoms with Gasteiger partial charge in [-0.1, -0.05) is 182 Å². The highest BCUT2D eigenvalue weighted by Gasteiger charge is 2.50. The predicted octanol–water partition coefficient (Wildman–Crippen LogP) is 13.2. The van der Waals surface area contributed by atoms with Crippen LogP contribution in [0.25, 0.3) is 66.5 Å². The van der Waals surface area contributed by atoms with Crippen LogP contribution < -0.4 is 10.4 Å². The molecule has 12 rings (SSSR count). The Labute approximate surface area is 345 Å². The topological polar surface area (TPSA) is 4.93 Å². The molecule has 0 saturated heterocycles. The Kier molecular flexibility index (Phi) is 7.53. The fraction of sp³-hybridized carbons (Fsp3) is 0.103. The SMILES string of the molecule is CCC1=C(/c2ccc3c(c2)C2(c4ccccc4-3)c3ccccc3-n3c4ccccc4c4cccc2c43)CC\C(C)=c2/cccc/c2=C/1c1ccc(-c2ccccc2)cc1. The third-order valence-electron chi connectivity index (χ3n) is 13.7.